The topological polar surface area (TPSA) is 74.7 Å². The summed E-state index contributed by atoms with van der Waals surface area (Å²) in [5.74, 6) is -0.441. The first-order valence-corrected chi connectivity index (χ1v) is 9.32. The molecule has 1 N–H and O–H groups in total. The number of rotatable bonds is 3. The molecule has 0 amide bonds. The highest BCUT2D eigenvalue weighted by Gasteiger charge is 2.30. The third kappa shape index (κ3) is 2.54. The van der Waals surface area contributed by atoms with Crippen molar-refractivity contribution in [3.63, 3.8) is 0 Å². The van der Waals surface area contributed by atoms with E-state index < -0.39 is 16.0 Å². The van der Waals surface area contributed by atoms with E-state index in [2.05, 4.69) is 0 Å². The molecule has 0 atom stereocenters. The van der Waals surface area contributed by atoms with E-state index in [-0.39, 0.29) is 9.09 Å². The van der Waals surface area contributed by atoms with Gasteiger partial charge in [-0.1, -0.05) is 12.1 Å². The molecule has 0 bridgehead atoms. The molecule has 0 fully saturated rings. The predicted octanol–water partition coefficient (Wildman–Crippen LogP) is 2.75. The molecule has 0 spiro atoms. The van der Waals surface area contributed by atoms with Crippen LogP contribution in [0.25, 0.3) is 0 Å². The molecule has 1 aromatic heterocycles. The molecule has 3 rings (SSSR count). The van der Waals surface area contributed by atoms with Crippen LogP contribution < -0.4 is 4.31 Å². The van der Waals surface area contributed by atoms with Crippen LogP contribution in [0.3, 0.4) is 0 Å². The Morgan fingerprint density at radius 3 is 2.67 bits per heavy atom. The van der Waals surface area contributed by atoms with Crippen LogP contribution in [0.4, 0.5) is 5.69 Å². The van der Waals surface area contributed by atoms with Crippen molar-refractivity contribution in [1.29, 1.82) is 0 Å². The summed E-state index contributed by atoms with van der Waals surface area (Å²) in [6.45, 7) is 0.379. The lowest BCUT2D eigenvalue weighted by molar-refractivity contribution is 0.0702. The number of anilines is 1. The molecule has 8 heteroatoms. The Morgan fingerprint density at radius 2 is 1.95 bits per heavy atom. The average molecular weight is 341 g/mol. The van der Waals surface area contributed by atoms with Crippen molar-refractivity contribution in [3.8, 4) is 0 Å². The van der Waals surface area contributed by atoms with Crippen LogP contribution in [0.15, 0.2) is 45.5 Å². The number of sulfonamides is 1. The number of nitrogens with zero attached hydrogens (tertiary/aromatic N) is 1. The van der Waals surface area contributed by atoms with Gasteiger partial charge >= 0.3 is 5.97 Å². The second kappa shape index (κ2) is 5.36. The first-order valence-electron chi connectivity index (χ1n) is 6.08. The van der Waals surface area contributed by atoms with E-state index in [1.54, 1.807) is 23.9 Å². The van der Waals surface area contributed by atoms with Crippen LogP contribution in [0.1, 0.15) is 9.67 Å². The second-order valence-corrected chi connectivity index (χ2v) is 8.63. The van der Waals surface area contributed by atoms with Crippen molar-refractivity contribution >= 4 is 44.8 Å². The number of para-hydroxylation sites is 1. The van der Waals surface area contributed by atoms with Gasteiger partial charge in [-0.3, -0.25) is 4.31 Å². The Bertz CT molecular complexity index is 797. The largest absolute Gasteiger partial charge is 0.477 e. The zero-order valence-electron chi connectivity index (χ0n) is 10.7. The summed E-state index contributed by atoms with van der Waals surface area (Å²) in [5, 5.41) is 8.93. The number of hydrogen-bond acceptors (Lipinski definition) is 5. The monoisotopic (exact) mass is 341 g/mol. The second-order valence-electron chi connectivity index (χ2n) is 4.32. The summed E-state index contributed by atoms with van der Waals surface area (Å²) in [7, 11) is -3.71. The predicted molar refractivity (Wildman–Crippen MR) is 83.0 cm³/mol. The molecule has 0 radical (unpaired) electrons. The number of hydrogen-bond donors (Lipinski definition) is 1. The molecule has 1 aliphatic heterocycles. The lowest BCUT2D eigenvalue weighted by Crippen LogP contribution is -2.34. The summed E-state index contributed by atoms with van der Waals surface area (Å²) in [6.07, 6.45) is 0. The van der Waals surface area contributed by atoms with E-state index in [4.69, 9.17) is 5.11 Å². The Kier molecular flexibility index (Phi) is 3.68. The molecule has 1 aliphatic rings. The number of carboxylic acid groups (broad SMARTS) is 1. The fourth-order valence-corrected chi connectivity index (χ4v) is 5.99. The normalized spacial score (nSPS) is 14.8. The van der Waals surface area contributed by atoms with Crippen molar-refractivity contribution < 1.29 is 18.3 Å². The van der Waals surface area contributed by atoms with Crippen molar-refractivity contribution in [2.45, 2.75) is 9.10 Å². The van der Waals surface area contributed by atoms with Gasteiger partial charge < -0.3 is 5.11 Å². The zero-order chi connectivity index (χ0) is 15.0. The van der Waals surface area contributed by atoms with Gasteiger partial charge in [0.05, 0.1) is 5.69 Å². The summed E-state index contributed by atoms with van der Waals surface area (Å²) in [4.78, 5) is 11.9. The molecular weight excluding hydrogens is 330 g/mol. The minimum absolute atomic E-state index is 0.0215. The molecule has 0 unspecified atom stereocenters. The SMILES string of the molecule is O=C(O)c1ccc(S(=O)(=O)N2CCSc3ccccc32)s1. The molecule has 2 aromatic rings. The van der Waals surface area contributed by atoms with E-state index in [1.165, 1.54) is 16.4 Å². The van der Waals surface area contributed by atoms with Gasteiger partial charge in [0, 0.05) is 17.2 Å². The number of benzene rings is 1. The minimum Gasteiger partial charge on any atom is -0.477 e. The van der Waals surface area contributed by atoms with Gasteiger partial charge in [0.1, 0.15) is 9.09 Å². The number of thioether (sulfide) groups is 1. The minimum atomic E-state index is -3.71. The van der Waals surface area contributed by atoms with Gasteiger partial charge in [-0.2, -0.15) is 0 Å². The van der Waals surface area contributed by atoms with Crippen LogP contribution in [0.5, 0.6) is 0 Å². The van der Waals surface area contributed by atoms with E-state index in [0.717, 1.165) is 16.2 Å². The van der Waals surface area contributed by atoms with Gasteiger partial charge in [-0.15, -0.1) is 23.1 Å². The van der Waals surface area contributed by atoms with Crippen LogP contribution in [0, 0.1) is 0 Å². The maximum absolute atomic E-state index is 12.7. The summed E-state index contributed by atoms with van der Waals surface area (Å²) >= 11 is 2.40. The quantitative estimate of drug-likeness (QED) is 0.929. The van der Waals surface area contributed by atoms with E-state index >= 15 is 0 Å². The van der Waals surface area contributed by atoms with Crippen LogP contribution >= 0.6 is 23.1 Å². The van der Waals surface area contributed by atoms with Crippen LogP contribution in [0.2, 0.25) is 0 Å². The van der Waals surface area contributed by atoms with Crippen LogP contribution in [-0.4, -0.2) is 31.8 Å². The highest BCUT2D eigenvalue weighted by Crippen LogP contribution is 2.38. The van der Waals surface area contributed by atoms with Gasteiger partial charge in [0.15, 0.2) is 0 Å². The number of carboxylic acids is 1. The Labute approximate surface area is 130 Å². The van der Waals surface area contributed by atoms with Crippen molar-refractivity contribution in [2.75, 3.05) is 16.6 Å². The fourth-order valence-electron chi connectivity index (χ4n) is 2.08. The standard InChI is InChI=1S/C13H11NO4S3/c15-13(16)11-5-6-12(20-11)21(17,18)14-7-8-19-10-4-2-1-3-9(10)14/h1-6H,7-8H2,(H,15,16). The highest BCUT2D eigenvalue weighted by molar-refractivity contribution is 8.00. The fraction of sp³-hybridized carbons (Fsp3) is 0.154. The van der Waals surface area contributed by atoms with Gasteiger partial charge in [0.2, 0.25) is 0 Å². The molecule has 110 valence electrons. The van der Waals surface area contributed by atoms with Crippen molar-refractivity contribution in [1.82, 2.24) is 0 Å². The third-order valence-corrected chi connectivity index (χ3v) is 7.42. The highest BCUT2D eigenvalue weighted by atomic mass is 32.2. The molecular formula is C13H11NO4S3. The van der Waals surface area contributed by atoms with Gasteiger partial charge in [0.25, 0.3) is 10.0 Å². The van der Waals surface area contributed by atoms with Gasteiger partial charge in [-0.25, -0.2) is 13.2 Å². The van der Waals surface area contributed by atoms with Crippen molar-refractivity contribution in [3.05, 3.63) is 41.3 Å². The smallest absolute Gasteiger partial charge is 0.345 e. The molecule has 1 aromatic carbocycles. The molecule has 2 heterocycles. The van der Waals surface area contributed by atoms with E-state index in [0.29, 0.717) is 18.0 Å². The maximum Gasteiger partial charge on any atom is 0.345 e. The Balaban J connectivity index is 2.05. The number of fused-ring (bicyclic) bond motifs is 1. The van der Waals surface area contributed by atoms with Crippen molar-refractivity contribution in [2.24, 2.45) is 0 Å². The average Bonchev–Trinajstić information content (AvgIpc) is 2.97. The first-order chi connectivity index (χ1) is 10.00. The lowest BCUT2D eigenvalue weighted by atomic mass is 10.3. The zero-order valence-corrected chi connectivity index (χ0v) is 13.2. The summed E-state index contributed by atoms with van der Waals surface area (Å²) in [5.41, 5.74) is 0.652. The van der Waals surface area contributed by atoms with Crippen LogP contribution in [-0.2, 0) is 10.0 Å². The summed E-state index contributed by atoms with van der Waals surface area (Å²) < 4.78 is 26.9. The molecule has 0 aliphatic carbocycles. The summed E-state index contributed by atoms with van der Waals surface area (Å²) in [6, 6.07) is 10.0. The number of aromatic carboxylic acids is 1. The van der Waals surface area contributed by atoms with E-state index in [1.807, 2.05) is 12.1 Å². The lowest BCUT2D eigenvalue weighted by Gasteiger charge is -2.29. The van der Waals surface area contributed by atoms with E-state index in [9.17, 15) is 13.2 Å². The molecule has 0 saturated carbocycles. The first kappa shape index (κ1) is 14.4. The third-order valence-electron chi connectivity index (χ3n) is 3.02. The van der Waals surface area contributed by atoms with Gasteiger partial charge in [-0.05, 0) is 24.3 Å². The Hall–Kier alpha value is -1.51. The number of thiophene rings is 1. The molecule has 0 saturated heterocycles. The maximum atomic E-state index is 12.7. The molecule has 21 heavy (non-hydrogen) atoms. The number of carbonyl (C=O) groups is 1. The Morgan fingerprint density at radius 1 is 1.19 bits per heavy atom. The molecule has 5 nitrogen and oxygen atoms in total.